The summed E-state index contributed by atoms with van der Waals surface area (Å²) in [5.41, 5.74) is 10.5. The summed E-state index contributed by atoms with van der Waals surface area (Å²) in [7, 11) is 0. The molecule has 3 aromatic heterocycles. The first-order valence-electron chi connectivity index (χ1n) is 19.0. The van der Waals surface area contributed by atoms with Gasteiger partial charge in [-0.3, -0.25) is 4.98 Å². The molecule has 3 heterocycles. The fourth-order valence-electron chi connectivity index (χ4n) is 11.3. The van der Waals surface area contributed by atoms with E-state index in [4.69, 9.17) is 15.0 Å². The molecule has 0 radical (unpaired) electrons. The lowest BCUT2D eigenvalue weighted by Crippen LogP contribution is -2.40. The van der Waals surface area contributed by atoms with Gasteiger partial charge in [-0.1, -0.05) is 78.9 Å². The van der Waals surface area contributed by atoms with Crippen molar-refractivity contribution < 1.29 is 0 Å². The topological polar surface area (TPSA) is 75.3 Å². The summed E-state index contributed by atoms with van der Waals surface area (Å²) in [6.07, 6.45) is 9.13. The van der Waals surface area contributed by atoms with Crippen LogP contribution in [-0.4, -0.2) is 19.9 Å². The first-order chi connectivity index (χ1) is 26.7. The number of pyridine rings is 1. The SMILES string of the molecule is N#Cc1cc(-c2nc(-c3ccccc3)nc(-c3cccc(-c4ccc5c(c4)sc4ccccc45)c3)n2)cc2c1-c1ccncc1C21C2CC3CC(C2)C1C3. The molecule has 5 atom stereocenters. The van der Waals surface area contributed by atoms with Crippen LogP contribution < -0.4 is 0 Å². The smallest absolute Gasteiger partial charge is 0.164 e. The van der Waals surface area contributed by atoms with E-state index in [0.717, 1.165) is 45.2 Å². The number of thiophene rings is 1. The van der Waals surface area contributed by atoms with Crippen molar-refractivity contribution in [2.24, 2.45) is 23.7 Å². The van der Waals surface area contributed by atoms with Gasteiger partial charge in [-0.2, -0.15) is 5.26 Å². The molecule has 256 valence electrons. The van der Waals surface area contributed by atoms with Crippen LogP contribution in [0.5, 0.6) is 0 Å². The summed E-state index contributed by atoms with van der Waals surface area (Å²) in [5, 5.41) is 13.4. The van der Waals surface area contributed by atoms with Crippen LogP contribution in [0.4, 0.5) is 0 Å². The standard InChI is InChI=1S/C48H33N5S/c49-25-34-21-33(23-40-44(34)38-15-16-50-26-41(38)48(40)35-18-27-17-32(22-35)39(48)19-27)47-52-45(28-7-2-1-3-8-28)51-46(53-47)31-10-6-9-29(20-31)30-13-14-37-36-11-4-5-12-42(36)54-43(37)24-30/h1-16,20-21,23-24,26-27,32,35,39H,17-19,22H2. The van der Waals surface area contributed by atoms with Crippen molar-refractivity contribution in [2.45, 2.75) is 31.1 Å². The Morgan fingerprint density at radius 3 is 2.24 bits per heavy atom. The van der Waals surface area contributed by atoms with Crippen LogP contribution in [0.25, 0.3) is 76.6 Å². The molecule has 0 saturated heterocycles. The number of rotatable bonds is 4. The zero-order valence-corrected chi connectivity index (χ0v) is 30.2. The highest BCUT2D eigenvalue weighted by Gasteiger charge is 2.66. The maximum Gasteiger partial charge on any atom is 0.164 e. The molecule has 6 heteroatoms. The van der Waals surface area contributed by atoms with E-state index in [-0.39, 0.29) is 5.41 Å². The van der Waals surface area contributed by atoms with Crippen molar-refractivity contribution in [3.63, 3.8) is 0 Å². The molecular weight excluding hydrogens is 679 g/mol. The Morgan fingerprint density at radius 2 is 1.37 bits per heavy atom. The number of fused-ring (bicyclic) bond motifs is 6. The molecule has 5 aliphatic carbocycles. The number of nitriles is 1. The maximum atomic E-state index is 10.8. The van der Waals surface area contributed by atoms with Crippen LogP contribution in [0.2, 0.25) is 0 Å². The van der Waals surface area contributed by atoms with E-state index >= 15 is 0 Å². The molecule has 13 rings (SSSR count). The minimum absolute atomic E-state index is 0.111. The van der Waals surface area contributed by atoms with Gasteiger partial charge in [0.2, 0.25) is 0 Å². The van der Waals surface area contributed by atoms with Crippen LogP contribution in [0, 0.1) is 35.0 Å². The minimum Gasteiger partial charge on any atom is -0.264 e. The van der Waals surface area contributed by atoms with Crippen molar-refractivity contribution in [1.82, 2.24) is 19.9 Å². The largest absolute Gasteiger partial charge is 0.264 e. The second kappa shape index (κ2) is 11.2. The van der Waals surface area contributed by atoms with Crippen molar-refractivity contribution in [2.75, 3.05) is 0 Å². The second-order valence-corrected chi connectivity index (χ2v) is 16.9. The summed E-state index contributed by atoms with van der Waals surface area (Å²) >= 11 is 1.83. The molecule has 8 aromatic rings. The Hall–Kier alpha value is -6.03. The van der Waals surface area contributed by atoms with Crippen LogP contribution in [0.3, 0.4) is 0 Å². The Morgan fingerprint density at radius 1 is 0.611 bits per heavy atom. The maximum absolute atomic E-state index is 10.8. The normalized spacial score (nSPS) is 22.9. The number of nitrogens with zero attached hydrogens (tertiary/aromatic N) is 5. The highest BCUT2D eigenvalue weighted by molar-refractivity contribution is 7.25. The van der Waals surface area contributed by atoms with Gasteiger partial charge in [0.15, 0.2) is 17.5 Å². The average molecular weight is 712 g/mol. The zero-order chi connectivity index (χ0) is 35.5. The van der Waals surface area contributed by atoms with Gasteiger partial charge in [0.05, 0.1) is 11.6 Å². The lowest BCUT2D eigenvalue weighted by molar-refractivity contribution is 0.190. The molecule has 4 fully saturated rings. The first kappa shape index (κ1) is 30.4. The molecule has 0 amide bonds. The summed E-state index contributed by atoms with van der Waals surface area (Å²) in [5.74, 6) is 4.53. The number of hydrogen-bond acceptors (Lipinski definition) is 6. The Bertz CT molecular complexity index is 2900. The molecule has 5 aromatic carbocycles. The summed E-state index contributed by atoms with van der Waals surface area (Å²) in [6, 6.07) is 43.2. The molecule has 1 spiro atoms. The van der Waals surface area contributed by atoms with Crippen molar-refractivity contribution in [3.8, 4) is 62.5 Å². The summed E-state index contributed by atoms with van der Waals surface area (Å²) in [6.45, 7) is 0. The van der Waals surface area contributed by atoms with E-state index in [1.807, 2.05) is 53.9 Å². The molecule has 4 bridgehead atoms. The fraction of sp³-hybridized carbons (Fsp3) is 0.188. The fourth-order valence-corrected chi connectivity index (χ4v) is 12.4. The van der Waals surface area contributed by atoms with E-state index in [1.54, 1.807) is 0 Å². The molecular formula is C48H33N5S. The predicted molar refractivity (Wildman–Crippen MR) is 216 cm³/mol. The van der Waals surface area contributed by atoms with Gasteiger partial charge in [0, 0.05) is 60.2 Å². The molecule has 4 saturated carbocycles. The van der Waals surface area contributed by atoms with E-state index in [0.29, 0.717) is 34.9 Å². The van der Waals surface area contributed by atoms with Crippen LogP contribution in [0.1, 0.15) is 42.4 Å². The summed E-state index contributed by atoms with van der Waals surface area (Å²) in [4.78, 5) is 20.2. The quantitative estimate of drug-likeness (QED) is 0.182. The van der Waals surface area contributed by atoms with Crippen LogP contribution in [-0.2, 0) is 5.41 Å². The summed E-state index contributed by atoms with van der Waals surface area (Å²) < 4.78 is 2.58. The molecule has 5 unspecified atom stereocenters. The highest BCUT2D eigenvalue weighted by Crippen LogP contribution is 2.73. The highest BCUT2D eigenvalue weighted by atomic mass is 32.1. The van der Waals surface area contributed by atoms with Gasteiger partial charge in [-0.25, -0.2) is 15.0 Å². The molecule has 54 heavy (non-hydrogen) atoms. The van der Waals surface area contributed by atoms with E-state index in [9.17, 15) is 5.26 Å². The van der Waals surface area contributed by atoms with Gasteiger partial charge in [0.1, 0.15) is 0 Å². The lowest BCUT2D eigenvalue weighted by Gasteiger charge is -2.43. The third-order valence-electron chi connectivity index (χ3n) is 13.2. The molecule has 5 nitrogen and oxygen atoms in total. The van der Waals surface area contributed by atoms with Gasteiger partial charge < -0.3 is 0 Å². The molecule has 0 aliphatic heterocycles. The van der Waals surface area contributed by atoms with E-state index in [2.05, 4.69) is 96.1 Å². The monoisotopic (exact) mass is 711 g/mol. The second-order valence-electron chi connectivity index (χ2n) is 15.8. The van der Waals surface area contributed by atoms with E-state index in [1.165, 1.54) is 62.5 Å². The van der Waals surface area contributed by atoms with Gasteiger partial charge >= 0.3 is 0 Å². The van der Waals surface area contributed by atoms with Crippen LogP contribution in [0.15, 0.2) is 128 Å². The third kappa shape index (κ3) is 4.19. The third-order valence-corrected chi connectivity index (χ3v) is 14.4. The Balaban J connectivity index is 1.03. The predicted octanol–water partition coefficient (Wildman–Crippen LogP) is 11.5. The van der Waals surface area contributed by atoms with Crippen LogP contribution >= 0.6 is 11.3 Å². The minimum atomic E-state index is -0.111. The Labute approximate surface area is 317 Å². The van der Waals surface area contributed by atoms with Gasteiger partial charge in [-0.05, 0) is 114 Å². The van der Waals surface area contributed by atoms with Crippen molar-refractivity contribution in [3.05, 3.63) is 144 Å². The lowest BCUT2D eigenvalue weighted by atomic mass is 9.59. The van der Waals surface area contributed by atoms with Gasteiger partial charge in [-0.15, -0.1) is 11.3 Å². The number of aromatic nitrogens is 4. The zero-order valence-electron chi connectivity index (χ0n) is 29.4. The van der Waals surface area contributed by atoms with Gasteiger partial charge in [0.25, 0.3) is 0 Å². The molecule has 0 N–H and O–H groups in total. The van der Waals surface area contributed by atoms with Crippen molar-refractivity contribution in [1.29, 1.82) is 5.26 Å². The van der Waals surface area contributed by atoms with E-state index < -0.39 is 0 Å². The average Bonchev–Trinajstić information content (AvgIpc) is 3.91. The number of benzene rings is 5. The molecule has 5 aliphatic rings. The Kier molecular flexibility index (Phi) is 6.33. The number of hydrogen-bond donors (Lipinski definition) is 0. The first-order valence-corrected chi connectivity index (χ1v) is 19.8. The van der Waals surface area contributed by atoms with Crippen molar-refractivity contribution >= 4 is 31.5 Å².